The minimum atomic E-state index is -0.463. The molecule has 1 fully saturated rings. The molecule has 1 aliphatic heterocycles. The highest BCUT2D eigenvalue weighted by molar-refractivity contribution is 5.94. The Bertz CT molecular complexity index is 970. The van der Waals surface area contributed by atoms with Crippen molar-refractivity contribution in [3.63, 3.8) is 0 Å². The molecule has 8 nitrogen and oxygen atoms in total. The molecule has 0 aliphatic carbocycles. The lowest BCUT2D eigenvalue weighted by molar-refractivity contribution is 0.0947. The predicted molar refractivity (Wildman–Crippen MR) is 109 cm³/mol. The van der Waals surface area contributed by atoms with Gasteiger partial charge in [0.15, 0.2) is 0 Å². The molecule has 28 heavy (non-hydrogen) atoms. The van der Waals surface area contributed by atoms with E-state index >= 15 is 0 Å². The van der Waals surface area contributed by atoms with Crippen molar-refractivity contribution in [1.82, 2.24) is 24.3 Å². The maximum atomic E-state index is 12.4. The van der Waals surface area contributed by atoms with Crippen LogP contribution in [0.2, 0.25) is 0 Å². The zero-order valence-corrected chi connectivity index (χ0v) is 16.9. The van der Waals surface area contributed by atoms with Gasteiger partial charge in [0.25, 0.3) is 11.5 Å². The molecule has 152 valence electrons. The van der Waals surface area contributed by atoms with E-state index in [9.17, 15) is 14.4 Å². The van der Waals surface area contributed by atoms with Gasteiger partial charge >= 0.3 is 5.69 Å². The molecule has 0 radical (unpaired) electrons. The molecule has 2 aromatic heterocycles. The third-order valence-electron chi connectivity index (χ3n) is 5.60. The smallest absolute Gasteiger partial charge is 0.332 e. The van der Waals surface area contributed by atoms with Crippen LogP contribution in [0.5, 0.6) is 0 Å². The standard InChI is InChI=1S/C20H29N5O3/c1-14-8-12-25(13-9-14)11-5-4-10-21-18(26)16-7-6-15-17(22-16)23(2)20(28)24(3)19(15)27/h6-7,14H,4-5,8-13H2,1-3H3,(H,21,26). The number of carbonyl (C=O) groups is 1. The molecule has 8 heteroatoms. The number of pyridine rings is 1. The van der Waals surface area contributed by atoms with Crippen molar-refractivity contribution >= 4 is 16.9 Å². The minimum absolute atomic E-state index is 0.209. The Morgan fingerprint density at radius 1 is 1.14 bits per heavy atom. The van der Waals surface area contributed by atoms with Crippen molar-refractivity contribution in [2.45, 2.75) is 32.6 Å². The van der Waals surface area contributed by atoms with E-state index in [1.54, 1.807) is 13.1 Å². The Morgan fingerprint density at radius 3 is 2.57 bits per heavy atom. The zero-order chi connectivity index (χ0) is 20.3. The Hall–Kier alpha value is -2.48. The van der Waals surface area contributed by atoms with Crippen molar-refractivity contribution in [1.29, 1.82) is 0 Å². The second kappa shape index (κ2) is 8.68. The van der Waals surface area contributed by atoms with Crippen molar-refractivity contribution in [3.8, 4) is 0 Å². The molecule has 3 heterocycles. The van der Waals surface area contributed by atoms with E-state index < -0.39 is 11.2 Å². The van der Waals surface area contributed by atoms with Crippen LogP contribution in [0.1, 0.15) is 43.1 Å². The first-order valence-corrected chi connectivity index (χ1v) is 9.96. The number of amides is 1. The molecule has 0 spiro atoms. The van der Waals surface area contributed by atoms with Gasteiger partial charge in [-0.1, -0.05) is 6.92 Å². The number of nitrogens with one attached hydrogen (secondary N) is 1. The summed E-state index contributed by atoms with van der Waals surface area (Å²) in [6.07, 6.45) is 4.50. The highest BCUT2D eigenvalue weighted by atomic mass is 16.2. The van der Waals surface area contributed by atoms with Crippen LogP contribution < -0.4 is 16.6 Å². The summed E-state index contributed by atoms with van der Waals surface area (Å²) >= 11 is 0. The summed E-state index contributed by atoms with van der Waals surface area (Å²) in [5.74, 6) is 0.548. The topological polar surface area (TPSA) is 89.2 Å². The van der Waals surface area contributed by atoms with Crippen LogP contribution in [0.25, 0.3) is 11.0 Å². The summed E-state index contributed by atoms with van der Waals surface area (Å²) in [5, 5.41) is 3.19. The van der Waals surface area contributed by atoms with Gasteiger partial charge in [-0.25, -0.2) is 9.78 Å². The SMILES string of the molecule is CC1CCN(CCCCNC(=O)c2ccc3c(=O)n(C)c(=O)n(C)c3n2)CC1. The molecule has 1 N–H and O–H groups in total. The Labute approximate surface area is 164 Å². The monoisotopic (exact) mass is 387 g/mol. The third kappa shape index (κ3) is 4.32. The first-order chi connectivity index (χ1) is 13.4. The Balaban J connectivity index is 1.55. The molecule has 1 saturated heterocycles. The number of unbranched alkanes of at least 4 members (excludes halogenated alkanes) is 1. The summed E-state index contributed by atoms with van der Waals surface area (Å²) in [6.45, 7) is 6.31. The van der Waals surface area contributed by atoms with E-state index in [0.29, 0.717) is 11.9 Å². The second-order valence-corrected chi connectivity index (χ2v) is 7.76. The van der Waals surface area contributed by atoms with E-state index in [0.717, 1.165) is 29.9 Å². The molecular weight excluding hydrogens is 358 g/mol. The first-order valence-electron chi connectivity index (χ1n) is 9.96. The van der Waals surface area contributed by atoms with Crippen molar-refractivity contribution in [2.24, 2.45) is 20.0 Å². The van der Waals surface area contributed by atoms with Crippen LogP contribution in [0.3, 0.4) is 0 Å². The summed E-state index contributed by atoms with van der Waals surface area (Å²) in [4.78, 5) is 43.4. The largest absolute Gasteiger partial charge is 0.351 e. The Kier molecular flexibility index (Phi) is 6.28. The van der Waals surface area contributed by atoms with E-state index in [1.165, 1.54) is 43.6 Å². The number of aryl methyl sites for hydroxylation is 1. The average molecular weight is 387 g/mol. The van der Waals surface area contributed by atoms with Crippen LogP contribution >= 0.6 is 0 Å². The summed E-state index contributed by atoms with van der Waals surface area (Å²) < 4.78 is 2.32. The Morgan fingerprint density at radius 2 is 1.86 bits per heavy atom. The van der Waals surface area contributed by atoms with Gasteiger partial charge in [0.1, 0.15) is 11.3 Å². The highest BCUT2D eigenvalue weighted by Gasteiger charge is 2.15. The van der Waals surface area contributed by atoms with Gasteiger partial charge in [-0.3, -0.25) is 18.7 Å². The maximum absolute atomic E-state index is 12.4. The number of fused-ring (bicyclic) bond motifs is 1. The molecule has 0 saturated carbocycles. The number of piperidine rings is 1. The maximum Gasteiger partial charge on any atom is 0.332 e. The lowest BCUT2D eigenvalue weighted by Gasteiger charge is -2.30. The lowest BCUT2D eigenvalue weighted by Crippen LogP contribution is -2.37. The van der Waals surface area contributed by atoms with Gasteiger partial charge < -0.3 is 10.2 Å². The third-order valence-corrected chi connectivity index (χ3v) is 5.60. The zero-order valence-electron chi connectivity index (χ0n) is 16.9. The van der Waals surface area contributed by atoms with Gasteiger partial charge in [0.2, 0.25) is 0 Å². The molecule has 2 aromatic rings. The quantitative estimate of drug-likeness (QED) is 0.743. The van der Waals surface area contributed by atoms with Gasteiger partial charge in [-0.05, 0) is 63.4 Å². The molecule has 0 bridgehead atoms. The van der Waals surface area contributed by atoms with Crippen molar-refractivity contribution in [2.75, 3.05) is 26.2 Å². The number of rotatable bonds is 6. The molecule has 1 aliphatic rings. The summed E-state index contributed by atoms with van der Waals surface area (Å²) in [7, 11) is 2.97. The van der Waals surface area contributed by atoms with Crippen LogP contribution in [0.4, 0.5) is 0 Å². The fourth-order valence-electron chi connectivity index (χ4n) is 3.62. The van der Waals surface area contributed by atoms with Gasteiger partial charge in [0, 0.05) is 20.6 Å². The van der Waals surface area contributed by atoms with Crippen LogP contribution in [-0.4, -0.2) is 51.1 Å². The number of likely N-dealkylation sites (tertiary alicyclic amines) is 1. The molecule has 1 amide bonds. The summed E-state index contributed by atoms with van der Waals surface area (Å²) in [5.41, 5.74) is -0.444. The summed E-state index contributed by atoms with van der Waals surface area (Å²) in [6, 6.07) is 3.08. The van der Waals surface area contributed by atoms with E-state index in [-0.39, 0.29) is 17.2 Å². The fourth-order valence-corrected chi connectivity index (χ4v) is 3.62. The number of aromatic nitrogens is 3. The number of nitrogens with zero attached hydrogens (tertiary/aromatic N) is 4. The van der Waals surface area contributed by atoms with Crippen LogP contribution in [-0.2, 0) is 14.1 Å². The number of hydrogen-bond acceptors (Lipinski definition) is 5. The van der Waals surface area contributed by atoms with E-state index in [2.05, 4.69) is 22.1 Å². The number of carbonyl (C=O) groups excluding carboxylic acids is 1. The molecule has 3 rings (SSSR count). The first kappa shape index (κ1) is 20.3. The van der Waals surface area contributed by atoms with E-state index in [1.807, 2.05) is 0 Å². The van der Waals surface area contributed by atoms with Gasteiger partial charge in [-0.15, -0.1) is 0 Å². The molecule has 0 unspecified atom stereocenters. The lowest BCUT2D eigenvalue weighted by atomic mass is 9.99. The average Bonchev–Trinajstić information content (AvgIpc) is 2.71. The highest BCUT2D eigenvalue weighted by Crippen LogP contribution is 2.16. The van der Waals surface area contributed by atoms with Crippen molar-refractivity contribution in [3.05, 3.63) is 38.7 Å². The second-order valence-electron chi connectivity index (χ2n) is 7.76. The molecule has 0 aromatic carbocycles. The van der Waals surface area contributed by atoms with Gasteiger partial charge in [0.05, 0.1) is 5.39 Å². The van der Waals surface area contributed by atoms with Crippen molar-refractivity contribution < 1.29 is 4.79 Å². The molecule has 0 atom stereocenters. The minimum Gasteiger partial charge on any atom is -0.351 e. The normalized spacial score (nSPS) is 15.8. The number of hydrogen-bond donors (Lipinski definition) is 1. The van der Waals surface area contributed by atoms with Crippen LogP contribution in [0, 0.1) is 5.92 Å². The molecular formula is C20H29N5O3. The predicted octanol–water partition coefficient (Wildman–Crippen LogP) is 0.874. The van der Waals surface area contributed by atoms with Crippen LogP contribution in [0.15, 0.2) is 21.7 Å². The van der Waals surface area contributed by atoms with Gasteiger partial charge in [-0.2, -0.15) is 0 Å². The van der Waals surface area contributed by atoms with E-state index in [4.69, 9.17) is 0 Å². The fraction of sp³-hybridized carbons (Fsp3) is 0.600.